The van der Waals surface area contributed by atoms with Gasteiger partial charge < -0.3 is 0 Å². The third-order valence-electron chi connectivity index (χ3n) is 2.10. The first kappa shape index (κ1) is 13.6. The Kier molecular flexibility index (Phi) is 4.36. The highest BCUT2D eigenvalue weighted by molar-refractivity contribution is 6.04. The van der Waals surface area contributed by atoms with Gasteiger partial charge in [-0.05, 0) is 19.9 Å². The summed E-state index contributed by atoms with van der Waals surface area (Å²) in [4.78, 5) is 32.2. The number of Topliss-reactive ketones (excluding diaryl/α,β-unsaturated/α-hetero) is 2. The molecule has 0 amide bonds. The molecular formula is C11H11N3O4. The summed E-state index contributed by atoms with van der Waals surface area (Å²) in [5.41, 5.74) is 0.0883. The van der Waals surface area contributed by atoms with Crippen LogP contribution in [-0.2, 0) is 9.59 Å². The lowest BCUT2D eigenvalue weighted by Gasteiger charge is -2.01. The molecule has 0 aliphatic carbocycles. The number of non-ortho nitro benzene ring substituents is 1. The monoisotopic (exact) mass is 249 g/mol. The van der Waals surface area contributed by atoms with Crippen LogP contribution in [0.1, 0.15) is 13.8 Å². The summed E-state index contributed by atoms with van der Waals surface area (Å²) in [6.45, 7) is 2.47. The summed E-state index contributed by atoms with van der Waals surface area (Å²) in [5.74, 6) is -0.839. The van der Waals surface area contributed by atoms with Crippen molar-refractivity contribution in [2.24, 2.45) is 10.2 Å². The maximum Gasteiger partial charge on any atom is 0.271 e. The second kappa shape index (κ2) is 5.76. The fourth-order valence-corrected chi connectivity index (χ4v) is 1.24. The smallest absolute Gasteiger partial charge is 0.271 e. The van der Waals surface area contributed by atoms with E-state index in [1.165, 1.54) is 38.1 Å². The molecule has 0 aliphatic rings. The molecule has 0 fully saturated rings. The highest BCUT2D eigenvalue weighted by Gasteiger charge is 2.18. The molecule has 18 heavy (non-hydrogen) atoms. The maximum absolute atomic E-state index is 11.1. The van der Waals surface area contributed by atoms with Crippen molar-refractivity contribution in [2.45, 2.75) is 19.9 Å². The van der Waals surface area contributed by atoms with E-state index in [9.17, 15) is 19.7 Å². The van der Waals surface area contributed by atoms with Gasteiger partial charge in [0, 0.05) is 12.1 Å². The number of ketones is 2. The minimum absolute atomic E-state index is 0.131. The maximum atomic E-state index is 11.1. The topological polar surface area (TPSA) is 102 Å². The van der Waals surface area contributed by atoms with Crippen LogP contribution in [-0.4, -0.2) is 22.5 Å². The minimum atomic E-state index is -1.15. The minimum Gasteiger partial charge on any atom is -0.297 e. The lowest BCUT2D eigenvalue weighted by Crippen LogP contribution is -2.23. The quantitative estimate of drug-likeness (QED) is 0.345. The normalized spacial score (nSPS) is 10.8. The number of benzene rings is 1. The van der Waals surface area contributed by atoms with Crippen molar-refractivity contribution in [3.05, 3.63) is 34.4 Å². The molecule has 7 heteroatoms. The molecule has 0 atom stereocenters. The van der Waals surface area contributed by atoms with Crippen LogP contribution in [0.4, 0.5) is 11.4 Å². The van der Waals surface area contributed by atoms with Gasteiger partial charge in [-0.25, -0.2) is 0 Å². The van der Waals surface area contributed by atoms with Crippen LogP contribution in [0.2, 0.25) is 0 Å². The molecule has 1 aromatic rings. The summed E-state index contributed by atoms with van der Waals surface area (Å²) in [7, 11) is 0. The number of hydrogen-bond donors (Lipinski definition) is 0. The lowest BCUT2D eigenvalue weighted by molar-refractivity contribution is -0.384. The Morgan fingerprint density at radius 3 is 2.39 bits per heavy atom. The average Bonchev–Trinajstić information content (AvgIpc) is 2.28. The Morgan fingerprint density at radius 1 is 1.28 bits per heavy atom. The first-order valence-corrected chi connectivity index (χ1v) is 5.08. The average molecular weight is 249 g/mol. The van der Waals surface area contributed by atoms with Crippen LogP contribution < -0.4 is 0 Å². The summed E-state index contributed by atoms with van der Waals surface area (Å²) in [6, 6.07) is 4.31. The van der Waals surface area contributed by atoms with Gasteiger partial charge in [0.25, 0.3) is 5.69 Å². The largest absolute Gasteiger partial charge is 0.297 e. The predicted molar refractivity (Wildman–Crippen MR) is 62.8 cm³/mol. The van der Waals surface area contributed by atoms with Crippen molar-refractivity contribution in [1.82, 2.24) is 0 Å². The van der Waals surface area contributed by atoms with Crippen molar-refractivity contribution in [3.63, 3.8) is 0 Å². The SMILES string of the molecule is CC(=O)C(N=Nc1cccc([N+](=O)[O-])c1)C(C)=O. The third kappa shape index (κ3) is 3.55. The Hall–Kier alpha value is -2.44. The molecule has 0 unspecified atom stereocenters. The van der Waals surface area contributed by atoms with Crippen LogP contribution in [0.15, 0.2) is 34.5 Å². The van der Waals surface area contributed by atoms with Crippen LogP contribution in [0.3, 0.4) is 0 Å². The second-order valence-electron chi connectivity index (χ2n) is 3.62. The molecule has 1 aromatic carbocycles. The standard InChI is InChI=1S/C11H11N3O4/c1-7(15)11(8(2)16)13-12-9-4-3-5-10(6-9)14(17)18/h3-6,11H,1-2H3. The van der Waals surface area contributed by atoms with Crippen molar-refractivity contribution in [3.8, 4) is 0 Å². The van der Waals surface area contributed by atoms with Gasteiger partial charge in [-0.2, -0.15) is 10.2 Å². The van der Waals surface area contributed by atoms with Crippen molar-refractivity contribution < 1.29 is 14.5 Å². The van der Waals surface area contributed by atoms with Crippen LogP contribution in [0, 0.1) is 10.1 Å². The van der Waals surface area contributed by atoms with E-state index < -0.39 is 22.5 Å². The highest BCUT2D eigenvalue weighted by atomic mass is 16.6. The first-order chi connectivity index (χ1) is 8.41. The van der Waals surface area contributed by atoms with Gasteiger partial charge in [0.2, 0.25) is 0 Å². The van der Waals surface area contributed by atoms with E-state index in [1.54, 1.807) is 0 Å². The number of nitro groups is 1. The molecule has 0 N–H and O–H groups in total. The molecule has 0 spiro atoms. The Bertz CT molecular complexity index is 511. The molecule has 0 radical (unpaired) electrons. The fourth-order valence-electron chi connectivity index (χ4n) is 1.24. The van der Waals surface area contributed by atoms with E-state index in [4.69, 9.17) is 0 Å². The van der Waals surface area contributed by atoms with E-state index in [0.29, 0.717) is 0 Å². The Morgan fingerprint density at radius 2 is 1.89 bits per heavy atom. The number of nitrogens with zero attached hydrogens (tertiary/aromatic N) is 3. The zero-order valence-electron chi connectivity index (χ0n) is 9.86. The third-order valence-corrected chi connectivity index (χ3v) is 2.10. The molecule has 0 aromatic heterocycles. The van der Waals surface area contributed by atoms with Gasteiger partial charge in [0.05, 0.1) is 10.6 Å². The van der Waals surface area contributed by atoms with Crippen molar-refractivity contribution in [2.75, 3.05) is 0 Å². The second-order valence-corrected chi connectivity index (χ2v) is 3.62. The summed E-state index contributed by atoms with van der Waals surface area (Å²) < 4.78 is 0. The van der Waals surface area contributed by atoms with Crippen LogP contribution in [0.5, 0.6) is 0 Å². The van der Waals surface area contributed by atoms with E-state index in [0.717, 1.165) is 0 Å². The first-order valence-electron chi connectivity index (χ1n) is 5.08. The van der Waals surface area contributed by atoms with E-state index in [-0.39, 0.29) is 11.4 Å². The molecular weight excluding hydrogens is 238 g/mol. The van der Waals surface area contributed by atoms with E-state index >= 15 is 0 Å². The molecule has 0 heterocycles. The molecule has 7 nitrogen and oxygen atoms in total. The van der Waals surface area contributed by atoms with Gasteiger partial charge in [-0.3, -0.25) is 19.7 Å². The predicted octanol–water partition coefficient (Wildman–Crippen LogP) is 2.23. The summed E-state index contributed by atoms with van der Waals surface area (Å²) in [6.07, 6.45) is 0. The van der Waals surface area contributed by atoms with Gasteiger partial charge in [-0.15, -0.1) is 0 Å². The Labute approximate surface area is 103 Å². The van der Waals surface area contributed by atoms with Gasteiger partial charge in [0.15, 0.2) is 17.6 Å². The van der Waals surface area contributed by atoms with E-state index in [1.807, 2.05) is 0 Å². The van der Waals surface area contributed by atoms with Gasteiger partial charge >= 0.3 is 0 Å². The number of rotatable bonds is 5. The summed E-state index contributed by atoms with van der Waals surface area (Å²) in [5, 5.41) is 17.8. The molecule has 0 bridgehead atoms. The van der Waals surface area contributed by atoms with Gasteiger partial charge in [-0.1, -0.05) is 6.07 Å². The summed E-state index contributed by atoms with van der Waals surface area (Å²) >= 11 is 0. The number of carbonyl (C=O) groups excluding carboxylic acids is 2. The van der Waals surface area contributed by atoms with Crippen molar-refractivity contribution >= 4 is 22.9 Å². The zero-order valence-corrected chi connectivity index (χ0v) is 9.86. The number of nitro benzene ring substituents is 1. The van der Waals surface area contributed by atoms with Crippen LogP contribution in [0.25, 0.3) is 0 Å². The number of azo groups is 1. The lowest BCUT2D eigenvalue weighted by atomic mass is 10.1. The molecule has 0 saturated carbocycles. The van der Waals surface area contributed by atoms with Gasteiger partial charge in [0.1, 0.15) is 0 Å². The van der Waals surface area contributed by atoms with Crippen molar-refractivity contribution in [1.29, 1.82) is 0 Å². The van der Waals surface area contributed by atoms with Crippen LogP contribution >= 0.6 is 0 Å². The zero-order chi connectivity index (χ0) is 13.7. The Balaban J connectivity index is 2.96. The number of carbonyl (C=O) groups is 2. The molecule has 94 valence electrons. The highest BCUT2D eigenvalue weighted by Crippen LogP contribution is 2.20. The molecule has 1 rings (SSSR count). The fraction of sp³-hybridized carbons (Fsp3) is 0.273. The number of hydrogen-bond acceptors (Lipinski definition) is 6. The van der Waals surface area contributed by atoms with E-state index in [2.05, 4.69) is 10.2 Å². The molecule has 0 saturated heterocycles. The molecule has 0 aliphatic heterocycles.